The number of likely N-dealkylation sites (tertiary alicyclic amines) is 1. The van der Waals surface area contributed by atoms with Gasteiger partial charge in [0.2, 0.25) is 11.8 Å². The van der Waals surface area contributed by atoms with Crippen LogP contribution in [0.25, 0.3) is 11.1 Å². The molecule has 3 atom stereocenters. The summed E-state index contributed by atoms with van der Waals surface area (Å²) in [5.74, 6) is -5.95. The number of nitrogens with zero attached hydrogens (tertiary/aromatic N) is 2. The molecule has 2 fully saturated rings. The van der Waals surface area contributed by atoms with E-state index in [0.29, 0.717) is 24.1 Å². The van der Waals surface area contributed by atoms with E-state index in [1.54, 1.807) is 24.3 Å². The predicted molar refractivity (Wildman–Crippen MR) is 142 cm³/mol. The van der Waals surface area contributed by atoms with Crippen molar-refractivity contribution in [3.63, 3.8) is 0 Å². The van der Waals surface area contributed by atoms with E-state index >= 15 is 0 Å². The number of alkyl halides is 2. The molecule has 2 aliphatic heterocycles. The van der Waals surface area contributed by atoms with Crippen molar-refractivity contribution < 1.29 is 28.3 Å². The van der Waals surface area contributed by atoms with Crippen molar-refractivity contribution in [1.29, 1.82) is 5.26 Å². The number of piperidine rings is 2. The zero-order valence-electron chi connectivity index (χ0n) is 21.2. The van der Waals surface area contributed by atoms with Crippen LogP contribution >= 0.6 is 23.2 Å². The van der Waals surface area contributed by atoms with E-state index < -0.39 is 60.7 Å². The van der Waals surface area contributed by atoms with E-state index in [0.717, 1.165) is 11.3 Å². The average Bonchev–Trinajstić information content (AvgIpc) is 3.16. The Balaban J connectivity index is 1.47. The number of hydrogen-bond acceptors (Lipinski definition) is 5. The number of nitrogens with one attached hydrogen (secondary N) is 2. The van der Waals surface area contributed by atoms with Gasteiger partial charge in [-0.2, -0.15) is 5.26 Å². The first kappa shape index (κ1) is 28.3. The quantitative estimate of drug-likeness (QED) is 0.489. The van der Waals surface area contributed by atoms with Crippen LogP contribution in [0.5, 0.6) is 0 Å². The lowest BCUT2D eigenvalue weighted by atomic mass is 9.87. The molecule has 0 unspecified atom stereocenters. The van der Waals surface area contributed by atoms with Crippen molar-refractivity contribution in [3.8, 4) is 17.2 Å². The van der Waals surface area contributed by atoms with Crippen LogP contribution in [-0.2, 0) is 20.0 Å². The lowest BCUT2D eigenvalue weighted by molar-refractivity contribution is -0.164. The molecule has 3 aliphatic rings. The maximum Gasteiger partial charge on any atom is 0.264 e. The van der Waals surface area contributed by atoms with Crippen LogP contribution in [0.4, 0.5) is 8.78 Å². The number of carbonyl (C=O) groups excluding carboxylic acids is 3. The molecule has 0 spiro atoms. The van der Waals surface area contributed by atoms with Crippen molar-refractivity contribution >= 4 is 40.9 Å². The fourth-order valence-electron chi connectivity index (χ4n) is 5.85. The van der Waals surface area contributed by atoms with Gasteiger partial charge in [-0.25, -0.2) is 8.78 Å². The highest BCUT2D eigenvalue weighted by molar-refractivity contribution is 6.31. The summed E-state index contributed by atoms with van der Waals surface area (Å²) < 4.78 is 29.2. The van der Waals surface area contributed by atoms with Gasteiger partial charge in [0, 0.05) is 53.0 Å². The molecule has 3 N–H and O–H groups in total. The van der Waals surface area contributed by atoms with Crippen molar-refractivity contribution in [1.82, 2.24) is 15.5 Å². The number of amides is 3. The molecule has 1 aliphatic carbocycles. The minimum atomic E-state index is -3.26. The smallest absolute Gasteiger partial charge is 0.264 e. The monoisotopic (exact) mass is 590 g/mol. The molecule has 8 nitrogen and oxygen atoms in total. The number of benzene rings is 2. The van der Waals surface area contributed by atoms with Crippen LogP contribution in [0.1, 0.15) is 43.2 Å². The molecule has 12 heteroatoms. The lowest BCUT2D eigenvalue weighted by Crippen LogP contribution is -2.61. The predicted octanol–water partition coefficient (Wildman–Crippen LogP) is 3.76. The highest BCUT2D eigenvalue weighted by Crippen LogP contribution is 2.50. The molecule has 3 amide bonds. The number of hydrogen-bond donors (Lipinski definition) is 3. The van der Waals surface area contributed by atoms with Crippen LogP contribution in [0.15, 0.2) is 36.4 Å². The van der Waals surface area contributed by atoms with E-state index in [1.165, 1.54) is 12.1 Å². The molecule has 5 rings (SSSR count). The summed E-state index contributed by atoms with van der Waals surface area (Å²) in [6.07, 6.45) is -0.453. The minimum absolute atomic E-state index is 0.00676. The number of nitriles is 1. The summed E-state index contributed by atoms with van der Waals surface area (Å²) in [4.78, 5) is 40.7. The second-order valence-corrected chi connectivity index (χ2v) is 11.3. The van der Waals surface area contributed by atoms with Gasteiger partial charge in [0.15, 0.2) is 5.60 Å². The lowest BCUT2D eigenvalue weighted by Gasteiger charge is -2.42. The molecule has 0 aromatic heterocycles. The molecule has 2 aromatic rings. The summed E-state index contributed by atoms with van der Waals surface area (Å²) in [5.41, 5.74) is -1.01. The van der Waals surface area contributed by atoms with E-state index in [1.807, 2.05) is 6.07 Å². The first-order valence-corrected chi connectivity index (χ1v) is 13.7. The Labute approximate surface area is 239 Å². The van der Waals surface area contributed by atoms with Gasteiger partial charge < -0.3 is 20.6 Å². The molecular weight excluding hydrogens is 565 g/mol. The Morgan fingerprint density at radius 1 is 1.18 bits per heavy atom. The second kappa shape index (κ2) is 10.6. The number of fused-ring (bicyclic) bond motifs is 3. The largest absolute Gasteiger partial charge is 0.372 e. The van der Waals surface area contributed by atoms with Gasteiger partial charge in [0.25, 0.3) is 11.8 Å². The van der Waals surface area contributed by atoms with E-state index in [9.17, 15) is 33.5 Å². The first-order valence-electron chi connectivity index (χ1n) is 12.9. The van der Waals surface area contributed by atoms with Gasteiger partial charge in [-0.1, -0.05) is 35.3 Å². The number of halogens is 4. The fraction of sp³-hybridized carbons (Fsp3) is 0.429. The van der Waals surface area contributed by atoms with Crippen LogP contribution in [-0.4, -0.2) is 58.8 Å². The number of carbonyl (C=O) groups is 3. The van der Waals surface area contributed by atoms with Crippen molar-refractivity contribution in [2.75, 3.05) is 13.1 Å². The topological polar surface area (TPSA) is 123 Å². The Kier molecular flexibility index (Phi) is 7.50. The van der Waals surface area contributed by atoms with Crippen LogP contribution in [0, 0.1) is 17.2 Å². The third-order valence-electron chi connectivity index (χ3n) is 7.88. The summed E-state index contributed by atoms with van der Waals surface area (Å²) in [6, 6.07) is 8.45. The summed E-state index contributed by atoms with van der Waals surface area (Å²) in [7, 11) is 0. The summed E-state index contributed by atoms with van der Waals surface area (Å²) in [5, 5.41) is 27.4. The first-order chi connectivity index (χ1) is 18.9. The Morgan fingerprint density at radius 3 is 2.38 bits per heavy atom. The van der Waals surface area contributed by atoms with Crippen LogP contribution in [0.3, 0.4) is 0 Å². The van der Waals surface area contributed by atoms with Gasteiger partial charge in [-0.15, -0.1) is 0 Å². The van der Waals surface area contributed by atoms with E-state index in [4.69, 9.17) is 23.2 Å². The molecule has 2 aromatic carbocycles. The third kappa shape index (κ3) is 5.02. The molecule has 2 saturated heterocycles. The van der Waals surface area contributed by atoms with Crippen LogP contribution < -0.4 is 10.6 Å². The molecule has 0 radical (unpaired) electrons. The third-order valence-corrected chi connectivity index (χ3v) is 8.35. The average molecular weight is 591 g/mol. The van der Waals surface area contributed by atoms with E-state index in [2.05, 4.69) is 10.6 Å². The highest BCUT2D eigenvalue weighted by Gasteiger charge is 2.54. The maximum absolute atomic E-state index is 14.6. The molecule has 210 valence electrons. The van der Waals surface area contributed by atoms with E-state index in [-0.39, 0.29) is 33.5 Å². The zero-order chi connectivity index (χ0) is 28.8. The standard InChI is InChI=1S/C28H26Cl2F2N4O4/c29-16-3-5-19-20-6-4-17(30)12-22(20)28(40,21(19)11-16)26(39)36-9-7-27(31,32)13-23(36)25(38)35-18(14-33)10-15-2-1-8-34-24(15)37/h3-6,11-12,15,18,23,40H,1-2,7-10,13H2,(H,34,37)(H,35,38)/t15-,18-,23-/m0/s1. The van der Waals surface area contributed by atoms with Crippen molar-refractivity contribution in [2.24, 2.45) is 5.92 Å². The number of aliphatic hydroxyl groups is 1. The van der Waals surface area contributed by atoms with Crippen molar-refractivity contribution in [2.45, 2.75) is 55.7 Å². The SMILES string of the molecule is N#C[C@H](C[C@@H]1CCCNC1=O)NC(=O)[C@@H]1CC(F)(F)CCN1C(=O)C1(O)c2cc(Cl)ccc2-c2ccc(Cl)cc21. The fourth-order valence-corrected chi connectivity index (χ4v) is 6.20. The molecule has 0 saturated carbocycles. The van der Waals surface area contributed by atoms with Gasteiger partial charge in [-0.3, -0.25) is 14.4 Å². The summed E-state index contributed by atoms with van der Waals surface area (Å²) in [6.45, 7) is 0.0129. The maximum atomic E-state index is 14.6. The summed E-state index contributed by atoms with van der Waals surface area (Å²) >= 11 is 12.4. The van der Waals surface area contributed by atoms with Gasteiger partial charge >= 0.3 is 0 Å². The van der Waals surface area contributed by atoms with Crippen molar-refractivity contribution in [3.05, 3.63) is 57.6 Å². The zero-order valence-corrected chi connectivity index (χ0v) is 22.7. The Hall–Kier alpha value is -3.26. The number of rotatable bonds is 5. The molecule has 40 heavy (non-hydrogen) atoms. The molecular formula is C28H26Cl2F2N4O4. The van der Waals surface area contributed by atoms with Crippen LogP contribution in [0.2, 0.25) is 10.0 Å². The van der Waals surface area contributed by atoms with Gasteiger partial charge in [0.1, 0.15) is 12.1 Å². The molecule has 2 heterocycles. The highest BCUT2D eigenvalue weighted by atomic mass is 35.5. The van der Waals surface area contributed by atoms with Gasteiger partial charge in [-0.05, 0) is 54.7 Å². The molecule has 0 bridgehead atoms. The van der Waals surface area contributed by atoms with Gasteiger partial charge in [0.05, 0.1) is 6.07 Å². The normalized spacial score (nSPS) is 23.3. The Bertz CT molecular complexity index is 1380. The minimum Gasteiger partial charge on any atom is -0.372 e. The Morgan fingerprint density at radius 2 is 1.80 bits per heavy atom. The second-order valence-electron chi connectivity index (χ2n) is 10.5.